The molecule has 1 aromatic heterocycles. The van der Waals surface area contributed by atoms with Crippen molar-refractivity contribution in [1.82, 2.24) is 14.8 Å². The minimum Gasteiger partial charge on any atom is -0.503 e. The first-order chi connectivity index (χ1) is 14.8. The molecular weight excluding hydrogens is 401 g/mol. The number of rotatable bonds is 4. The Bertz CT molecular complexity index is 1130. The summed E-state index contributed by atoms with van der Waals surface area (Å²) in [5, 5.41) is 13.2. The molecule has 164 valence electrons. The summed E-state index contributed by atoms with van der Waals surface area (Å²) in [4.78, 5) is 40.2. The largest absolute Gasteiger partial charge is 0.503 e. The van der Waals surface area contributed by atoms with Crippen LogP contribution in [0.4, 0.5) is 4.39 Å². The van der Waals surface area contributed by atoms with Crippen molar-refractivity contribution in [1.29, 1.82) is 0 Å². The van der Waals surface area contributed by atoms with Gasteiger partial charge in [0.2, 0.25) is 5.43 Å². The molecular formula is C23H26FN3O4. The zero-order valence-corrected chi connectivity index (χ0v) is 17.7. The summed E-state index contributed by atoms with van der Waals surface area (Å²) in [6.07, 6.45) is 4.60. The molecule has 2 bridgehead atoms. The standard InChI is InChI=1S/C23H26FN3O4/c1-3-23-8-4-5-9-26(13-23)22(31)18-20(29)19(28)16(12-27(18)23)21(30)25-11-15-7-6-14(2)10-17(15)24/h6-7,10,12,29H,3-5,8-9,11,13H2,1-2H3,(H,25,30)/t23-/m0/s1. The van der Waals surface area contributed by atoms with Gasteiger partial charge in [0, 0.05) is 31.4 Å². The third-order valence-corrected chi connectivity index (χ3v) is 6.54. The third-order valence-electron chi connectivity index (χ3n) is 6.54. The van der Waals surface area contributed by atoms with Crippen molar-refractivity contribution in [3.63, 3.8) is 0 Å². The SMILES string of the molecule is CC[C@]12CCCCN(C1)C(=O)c1c(O)c(=O)c(C(=O)NCc3ccc(C)cc3F)cn12. The Balaban J connectivity index is 1.73. The first-order valence-electron chi connectivity index (χ1n) is 10.6. The van der Waals surface area contributed by atoms with E-state index in [0.717, 1.165) is 24.8 Å². The molecule has 0 saturated carbocycles. The van der Waals surface area contributed by atoms with Gasteiger partial charge in [0.05, 0.1) is 5.54 Å². The summed E-state index contributed by atoms with van der Waals surface area (Å²) in [5.41, 5.74) is -0.637. The summed E-state index contributed by atoms with van der Waals surface area (Å²) in [5.74, 6) is -2.26. The molecule has 3 heterocycles. The maximum atomic E-state index is 14.1. The second-order valence-corrected chi connectivity index (χ2v) is 8.48. The van der Waals surface area contributed by atoms with Crippen LogP contribution in [-0.2, 0) is 12.1 Å². The van der Waals surface area contributed by atoms with Crippen molar-refractivity contribution in [3.05, 3.63) is 62.8 Å². The average molecular weight is 427 g/mol. The molecule has 0 unspecified atom stereocenters. The molecule has 8 heteroatoms. The van der Waals surface area contributed by atoms with Gasteiger partial charge in [-0.05, 0) is 44.2 Å². The third kappa shape index (κ3) is 3.49. The van der Waals surface area contributed by atoms with Gasteiger partial charge in [0.25, 0.3) is 11.8 Å². The Morgan fingerprint density at radius 2 is 2.06 bits per heavy atom. The van der Waals surface area contributed by atoms with Crippen LogP contribution in [0.1, 0.15) is 64.6 Å². The van der Waals surface area contributed by atoms with E-state index in [2.05, 4.69) is 5.32 Å². The number of aromatic hydroxyl groups is 1. The van der Waals surface area contributed by atoms with Crippen molar-refractivity contribution >= 4 is 11.8 Å². The molecule has 0 spiro atoms. The highest BCUT2D eigenvalue weighted by atomic mass is 19.1. The van der Waals surface area contributed by atoms with Gasteiger partial charge in [0.15, 0.2) is 11.4 Å². The van der Waals surface area contributed by atoms with Crippen molar-refractivity contribution in [3.8, 4) is 5.75 Å². The summed E-state index contributed by atoms with van der Waals surface area (Å²) < 4.78 is 15.7. The van der Waals surface area contributed by atoms with Crippen LogP contribution in [-0.4, -0.2) is 39.5 Å². The van der Waals surface area contributed by atoms with Crippen LogP contribution in [0.2, 0.25) is 0 Å². The van der Waals surface area contributed by atoms with Gasteiger partial charge in [-0.3, -0.25) is 14.4 Å². The van der Waals surface area contributed by atoms with E-state index in [1.807, 2.05) is 6.92 Å². The molecule has 1 aromatic carbocycles. The number of carbonyl (C=O) groups excluding carboxylic acids is 2. The number of carbonyl (C=O) groups is 2. The predicted molar refractivity (Wildman–Crippen MR) is 113 cm³/mol. The van der Waals surface area contributed by atoms with Crippen LogP contribution < -0.4 is 10.7 Å². The zero-order valence-electron chi connectivity index (χ0n) is 17.7. The summed E-state index contributed by atoms with van der Waals surface area (Å²) in [6.45, 7) is 4.73. The van der Waals surface area contributed by atoms with Crippen LogP contribution in [0.3, 0.4) is 0 Å². The van der Waals surface area contributed by atoms with Gasteiger partial charge in [0.1, 0.15) is 11.4 Å². The van der Waals surface area contributed by atoms with Gasteiger partial charge < -0.3 is 19.9 Å². The molecule has 2 aromatic rings. The van der Waals surface area contributed by atoms with Crippen LogP contribution >= 0.6 is 0 Å². The molecule has 2 aliphatic rings. The smallest absolute Gasteiger partial charge is 0.274 e. The number of halogens is 1. The molecule has 2 aliphatic heterocycles. The van der Waals surface area contributed by atoms with Gasteiger partial charge in [-0.1, -0.05) is 19.1 Å². The number of fused-ring (bicyclic) bond motifs is 4. The number of pyridine rings is 1. The molecule has 7 nitrogen and oxygen atoms in total. The van der Waals surface area contributed by atoms with Crippen molar-refractivity contribution < 1.29 is 19.1 Å². The molecule has 2 N–H and O–H groups in total. The van der Waals surface area contributed by atoms with E-state index in [1.165, 1.54) is 12.3 Å². The highest BCUT2D eigenvalue weighted by Gasteiger charge is 2.44. The van der Waals surface area contributed by atoms with E-state index >= 15 is 0 Å². The molecule has 4 rings (SSSR count). The Kier molecular flexibility index (Phi) is 5.33. The molecule has 31 heavy (non-hydrogen) atoms. The number of nitrogens with zero attached hydrogens (tertiary/aromatic N) is 2. The normalized spacial score (nSPS) is 20.2. The fourth-order valence-corrected chi connectivity index (χ4v) is 4.66. The monoisotopic (exact) mass is 427 g/mol. The van der Waals surface area contributed by atoms with Gasteiger partial charge in [-0.25, -0.2) is 4.39 Å². The first-order valence-corrected chi connectivity index (χ1v) is 10.6. The van der Waals surface area contributed by atoms with Crippen molar-refractivity contribution in [2.24, 2.45) is 0 Å². The fourth-order valence-electron chi connectivity index (χ4n) is 4.66. The number of aryl methyl sites for hydroxylation is 1. The topological polar surface area (TPSA) is 91.6 Å². The Morgan fingerprint density at radius 3 is 2.77 bits per heavy atom. The molecule has 1 saturated heterocycles. The van der Waals surface area contributed by atoms with E-state index in [4.69, 9.17) is 0 Å². The molecule has 1 fully saturated rings. The van der Waals surface area contributed by atoms with Gasteiger partial charge >= 0.3 is 0 Å². The van der Waals surface area contributed by atoms with E-state index in [0.29, 0.717) is 25.1 Å². The Hall–Kier alpha value is -3.16. The summed E-state index contributed by atoms with van der Waals surface area (Å²) >= 11 is 0. The number of benzene rings is 1. The van der Waals surface area contributed by atoms with E-state index < -0.39 is 34.3 Å². The lowest BCUT2D eigenvalue weighted by atomic mass is 9.87. The average Bonchev–Trinajstić information content (AvgIpc) is 2.95. The van der Waals surface area contributed by atoms with Gasteiger partial charge in [-0.15, -0.1) is 0 Å². The minimum atomic E-state index is -0.896. The summed E-state index contributed by atoms with van der Waals surface area (Å²) in [6, 6.07) is 4.68. The zero-order chi connectivity index (χ0) is 22.3. The van der Waals surface area contributed by atoms with Crippen molar-refractivity contribution in [2.75, 3.05) is 13.1 Å². The van der Waals surface area contributed by atoms with Crippen LogP contribution in [0.25, 0.3) is 0 Å². The highest BCUT2D eigenvalue weighted by Crippen LogP contribution is 2.38. The molecule has 2 amide bonds. The number of aromatic nitrogens is 1. The number of hydrogen-bond acceptors (Lipinski definition) is 4. The van der Waals surface area contributed by atoms with E-state index in [9.17, 15) is 23.9 Å². The summed E-state index contributed by atoms with van der Waals surface area (Å²) in [7, 11) is 0. The van der Waals surface area contributed by atoms with Crippen LogP contribution in [0, 0.1) is 12.7 Å². The van der Waals surface area contributed by atoms with Gasteiger partial charge in [-0.2, -0.15) is 0 Å². The van der Waals surface area contributed by atoms with Crippen LogP contribution in [0.15, 0.2) is 29.2 Å². The lowest BCUT2D eigenvalue weighted by Crippen LogP contribution is -2.53. The highest BCUT2D eigenvalue weighted by molar-refractivity contribution is 5.99. The maximum absolute atomic E-state index is 14.1. The Labute approximate surface area is 179 Å². The molecule has 0 radical (unpaired) electrons. The number of nitrogens with one attached hydrogen (secondary N) is 1. The van der Waals surface area contributed by atoms with E-state index in [-0.39, 0.29) is 17.8 Å². The van der Waals surface area contributed by atoms with Crippen LogP contribution in [0.5, 0.6) is 5.75 Å². The number of hydrogen-bond donors (Lipinski definition) is 2. The predicted octanol–water partition coefficient (Wildman–Crippen LogP) is 2.68. The lowest BCUT2D eigenvalue weighted by Gasteiger charge is -2.44. The van der Waals surface area contributed by atoms with Crippen molar-refractivity contribution in [2.45, 2.75) is 51.6 Å². The maximum Gasteiger partial charge on any atom is 0.274 e. The first kappa shape index (κ1) is 21.1. The van der Waals surface area contributed by atoms with E-state index in [1.54, 1.807) is 28.5 Å². The second-order valence-electron chi connectivity index (χ2n) is 8.48. The Morgan fingerprint density at radius 1 is 1.29 bits per heavy atom. The molecule has 0 aliphatic carbocycles. The lowest BCUT2D eigenvalue weighted by molar-refractivity contribution is 0.0559. The quantitative estimate of drug-likeness (QED) is 0.785. The minimum absolute atomic E-state index is 0.0545. The number of amides is 2. The fraction of sp³-hybridized carbons (Fsp3) is 0.435. The molecule has 1 atom stereocenters. The second kappa shape index (κ2) is 7.83.